The third kappa shape index (κ3) is 3.70. The van der Waals surface area contributed by atoms with Gasteiger partial charge in [0.2, 0.25) is 0 Å². The lowest BCUT2D eigenvalue weighted by Gasteiger charge is -2.37. The average Bonchev–Trinajstić information content (AvgIpc) is 3.43. The van der Waals surface area contributed by atoms with Crippen LogP contribution in [0, 0.1) is 18.3 Å². The van der Waals surface area contributed by atoms with Crippen molar-refractivity contribution in [1.82, 2.24) is 15.2 Å². The maximum absolute atomic E-state index is 10.9. The molecule has 2 fully saturated rings. The molecule has 2 N–H and O–H groups in total. The van der Waals surface area contributed by atoms with Gasteiger partial charge in [0.15, 0.2) is 5.58 Å². The van der Waals surface area contributed by atoms with Crippen molar-refractivity contribution in [2.24, 2.45) is 0 Å². The van der Waals surface area contributed by atoms with Crippen molar-refractivity contribution in [2.45, 2.75) is 25.4 Å². The zero-order valence-corrected chi connectivity index (χ0v) is 19.6. The highest BCUT2D eigenvalue weighted by Crippen LogP contribution is 2.45. The van der Waals surface area contributed by atoms with Gasteiger partial charge in [-0.3, -0.25) is 0 Å². The van der Waals surface area contributed by atoms with E-state index in [9.17, 15) is 10.1 Å². The summed E-state index contributed by atoms with van der Waals surface area (Å²) < 4.78 is 6.36. The fraction of sp³-hybridized carbons (Fsp3) is 0.400. The second-order valence-corrected chi connectivity index (χ2v) is 9.28. The van der Waals surface area contributed by atoms with Crippen LogP contribution in [-0.2, 0) is 0 Å². The predicted octanol–water partition coefficient (Wildman–Crippen LogP) is 3.27. The molecule has 2 saturated heterocycles. The van der Waals surface area contributed by atoms with E-state index in [0.717, 1.165) is 41.9 Å². The summed E-state index contributed by atoms with van der Waals surface area (Å²) in [5.41, 5.74) is 5.59. The number of nitrogens with one attached hydrogen (secondary N) is 1. The molecule has 3 heterocycles. The highest BCUT2D eigenvalue weighted by Gasteiger charge is 2.35. The topological polar surface area (TPSA) is 109 Å². The molecule has 0 aliphatic carbocycles. The van der Waals surface area contributed by atoms with Gasteiger partial charge in [-0.25, -0.2) is 4.79 Å². The lowest BCUT2D eigenvalue weighted by atomic mass is 9.93. The Bertz CT molecular complexity index is 1270. The molecule has 9 nitrogen and oxygen atoms in total. The molecule has 5 rings (SSSR count). The lowest BCUT2D eigenvalue weighted by Crippen LogP contribution is -2.59. The first-order valence-electron chi connectivity index (χ1n) is 11.5. The van der Waals surface area contributed by atoms with Gasteiger partial charge in [-0.15, -0.1) is 0 Å². The first-order chi connectivity index (χ1) is 16.4. The van der Waals surface area contributed by atoms with Gasteiger partial charge >= 0.3 is 6.09 Å². The smallest absolute Gasteiger partial charge is 0.405 e. The zero-order valence-electron chi connectivity index (χ0n) is 19.6. The molecular weight excluding hydrogens is 432 g/mol. The zero-order chi connectivity index (χ0) is 24.0. The van der Waals surface area contributed by atoms with Gasteiger partial charge in [0.1, 0.15) is 11.6 Å². The van der Waals surface area contributed by atoms with Crippen molar-refractivity contribution in [1.29, 1.82) is 5.26 Å². The number of fused-ring (bicyclic) bond motifs is 1. The van der Waals surface area contributed by atoms with Gasteiger partial charge in [0.25, 0.3) is 6.01 Å². The number of hydrogen-bond acceptors (Lipinski definition) is 7. The fourth-order valence-corrected chi connectivity index (χ4v) is 5.03. The molecule has 176 valence electrons. The number of nitriles is 1. The normalized spacial score (nSPS) is 18.4. The number of benzene rings is 2. The van der Waals surface area contributed by atoms with Gasteiger partial charge in [0.05, 0.1) is 17.3 Å². The molecule has 9 heteroatoms. The predicted molar refractivity (Wildman–Crippen MR) is 130 cm³/mol. The summed E-state index contributed by atoms with van der Waals surface area (Å²) in [6, 6.07) is 13.2. The third-order valence-corrected chi connectivity index (χ3v) is 6.92. The van der Waals surface area contributed by atoms with Crippen LogP contribution in [0.3, 0.4) is 0 Å². The Morgan fingerprint density at radius 2 is 1.97 bits per heavy atom. The van der Waals surface area contributed by atoms with E-state index < -0.39 is 6.09 Å². The van der Waals surface area contributed by atoms with Crippen molar-refractivity contribution in [2.75, 3.05) is 50.1 Å². The van der Waals surface area contributed by atoms with Gasteiger partial charge in [-0.05, 0) is 38.6 Å². The Morgan fingerprint density at radius 3 is 2.59 bits per heavy atom. The minimum atomic E-state index is -1.04. The van der Waals surface area contributed by atoms with Crippen molar-refractivity contribution in [3.63, 3.8) is 0 Å². The SMILES string of the molecule is Cc1c(-c2ccccc2)c(N2CC[C@H](N(C)C)C2)c2oc(N3CC(NC(=O)O)C3)nc2c1C#N. The number of rotatable bonds is 5. The molecule has 0 bridgehead atoms. The minimum absolute atomic E-state index is 0.163. The summed E-state index contributed by atoms with van der Waals surface area (Å²) in [5, 5.41) is 21.5. The Balaban J connectivity index is 1.66. The number of amides is 1. The monoisotopic (exact) mass is 460 g/mol. The molecule has 3 aromatic rings. The molecule has 2 aromatic carbocycles. The first kappa shape index (κ1) is 22.0. The minimum Gasteiger partial charge on any atom is -0.465 e. The van der Waals surface area contributed by atoms with Crippen LogP contribution in [0.4, 0.5) is 16.5 Å². The fourth-order valence-electron chi connectivity index (χ4n) is 5.03. The summed E-state index contributed by atoms with van der Waals surface area (Å²) in [7, 11) is 4.20. The second kappa shape index (κ2) is 8.54. The summed E-state index contributed by atoms with van der Waals surface area (Å²) >= 11 is 0. The Kier molecular flexibility index (Phi) is 5.54. The molecule has 0 saturated carbocycles. The number of aromatic nitrogens is 1. The van der Waals surface area contributed by atoms with Crippen LogP contribution in [0.2, 0.25) is 0 Å². The molecule has 1 amide bonds. The number of carbonyl (C=O) groups is 1. The largest absolute Gasteiger partial charge is 0.465 e. The maximum Gasteiger partial charge on any atom is 0.405 e. The number of likely N-dealkylation sites (N-methyl/N-ethyl adjacent to an activating group) is 1. The van der Waals surface area contributed by atoms with E-state index in [1.54, 1.807) is 0 Å². The molecule has 2 aliphatic heterocycles. The first-order valence-corrected chi connectivity index (χ1v) is 11.5. The van der Waals surface area contributed by atoms with Gasteiger partial charge in [-0.2, -0.15) is 10.2 Å². The van der Waals surface area contributed by atoms with Gasteiger partial charge in [-0.1, -0.05) is 30.3 Å². The van der Waals surface area contributed by atoms with Gasteiger partial charge < -0.3 is 29.5 Å². The molecule has 0 unspecified atom stereocenters. The molecule has 1 atom stereocenters. The quantitative estimate of drug-likeness (QED) is 0.597. The van der Waals surface area contributed by atoms with Crippen LogP contribution in [0.25, 0.3) is 22.2 Å². The van der Waals surface area contributed by atoms with Crippen molar-refractivity contribution < 1.29 is 14.3 Å². The highest BCUT2D eigenvalue weighted by atomic mass is 16.4. The standard InChI is InChI=1S/C25H28N6O3/c1-15-19(11-26)21-23(34-24(28-21)31-12-17(13-31)27-25(32)33)22(20(15)16-7-5-4-6-8-16)30-10-9-18(14-30)29(2)3/h4-8,17-18,27H,9-10,12-14H2,1-3H3,(H,32,33)/t18-/m0/s1. The Morgan fingerprint density at radius 1 is 1.24 bits per heavy atom. The van der Waals surface area contributed by atoms with Crippen molar-refractivity contribution in [3.05, 3.63) is 41.5 Å². The van der Waals surface area contributed by atoms with Crippen LogP contribution in [0.1, 0.15) is 17.5 Å². The molecule has 0 spiro atoms. The number of anilines is 2. The molecule has 0 radical (unpaired) electrons. The van der Waals surface area contributed by atoms with Crippen LogP contribution in [0.5, 0.6) is 0 Å². The number of carboxylic acid groups (broad SMARTS) is 1. The van der Waals surface area contributed by atoms with E-state index in [1.807, 2.05) is 30.0 Å². The summed E-state index contributed by atoms with van der Waals surface area (Å²) in [6.45, 7) is 4.68. The molecule has 2 aliphatic rings. The van der Waals surface area contributed by atoms with E-state index in [4.69, 9.17) is 14.5 Å². The van der Waals surface area contributed by atoms with E-state index >= 15 is 0 Å². The van der Waals surface area contributed by atoms with Gasteiger partial charge in [0, 0.05) is 37.8 Å². The summed E-state index contributed by atoms with van der Waals surface area (Å²) in [4.78, 5) is 22.2. The second-order valence-electron chi connectivity index (χ2n) is 9.28. The van der Waals surface area contributed by atoms with E-state index in [2.05, 4.69) is 47.4 Å². The van der Waals surface area contributed by atoms with Crippen LogP contribution in [-0.4, -0.2) is 73.4 Å². The Labute approximate surface area is 198 Å². The van der Waals surface area contributed by atoms with Crippen LogP contribution in [0.15, 0.2) is 34.7 Å². The Hall–Kier alpha value is -3.77. The molecular formula is C25H28N6O3. The van der Waals surface area contributed by atoms with E-state index in [0.29, 0.717) is 41.8 Å². The van der Waals surface area contributed by atoms with Crippen molar-refractivity contribution >= 4 is 28.9 Å². The lowest BCUT2D eigenvalue weighted by molar-refractivity contribution is 0.186. The van der Waals surface area contributed by atoms with Crippen LogP contribution < -0.4 is 15.1 Å². The van der Waals surface area contributed by atoms with E-state index in [1.165, 1.54) is 0 Å². The molecule has 34 heavy (non-hydrogen) atoms. The third-order valence-electron chi connectivity index (χ3n) is 6.92. The van der Waals surface area contributed by atoms with Crippen molar-refractivity contribution in [3.8, 4) is 17.2 Å². The molecule has 1 aromatic heterocycles. The van der Waals surface area contributed by atoms with E-state index in [-0.39, 0.29) is 6.04 Å². The average molecular weight is 461 g/mol. The highest BCUT2D eigenvalue weighted by molar-refractivity contribution is 6.03. The number of oxazole rings is 1. The summed E-state index contributed by atoms with van der Waals surface area (Å²) in [5.74, 6) is 0. The van der Waals surface area contributed by atoms with Crippen LogP contribution >= 0.6 is 0 Å². The number of hydrogen-bond donors (Lipinski definition) is 2. The summed E-state index contributed by atoms with van der Waals surface area (Å²) in [6.07, 6.45) is 0.00104. The number of nitrogens with zero attached hydrogens (tertiary/aromatic N) is 5. The maximum atomic E-state index is 10.9.